The van der Waals surface area contributed by atoms with Crippen molar-refractivity contribution < 1.29 is 28.5 Å². The minimum Gasteiger partial charge on any atom is -0.493 e. The normalized spacial score (nSPS) is 16.1. The summed E-state index contributed by atoms with van der Waals surface area (Å²) in [7, 11) is 7.31. The number of halogens is 3. The van der Waals surface area contributed by atoms with Crippen LogP contribution in [0.15, 0.2) is 78.9 Å². The molecule has 4 aromatic carbocycles. The van der Waals surface area contributed by atoms with Crippen molar-refractivity contribution in [2.24, 2.45) is 14.1 Å². The highest BCUT2D eigenvalue weighted by Crippen LogP contribution is 2.41. The summed E-state index contributed by atoms with van der Waals surface area (Å²) in [5, 5.41) is 2.54. The molecule has 0 spiro atoms. The molecule has 2 saturated heterocycles. The molecule has 65 heavy (non-hydrogen) atoms. The van der Waals surface area contributed by atoms with Gasteiger partial charge in [0.15, 0.2) is 23.0 Å². The number of aryl methyl sites for hydroxylation is 2. The Morgan fingerprint density at radius 1 is 0.538 bits per heavy atom. The number of amides is 2. The lowest BCUT2D eigenvalue weighted by molar-refractivity contribution is 0.0990. The van der Waals surface area contributed by atoms with Crippen molar-refractivity contribution in [1.82, 2.24) is 18.9 Å². The van der Waals surface area contributed by atoms with E-state index in [2.05, 4.69) is 25.0 Å². The molecule has 0 atom stereocenters. The first-order valence-electron chi connectivity index (χ1n) is 22.3. The number of ether oxygens (including phenoxy) is 4. The van der Waals surface area contributed by atoms with Crippen molar-refractivity contribution in [2.45, 2.75) is 51.6 Å². The van der Waals surface area contributed by atoms with Gasteiger partial charge in [-0.3, -0.25) is 19.4 Å². The van der Waals surface area contributed by atoms with Gasteiger partial charge in [-0.1, -0.05) is 42.6 Å². The average Bonchev–Trinajstić information content (AvgIpc) is 4.01. The van der Waals surface area contributed by atoms with Crippen LogP contribution in [0.4, 0.5) is 11.4 Å². The fraction of sp³-hybridized carbons (Fsp3) is 0.400. The first-order chi connectivity index (χ1) is 30.7. The first kappa shape index (κ1) is 47.8. The smallest absolute Gasteiger partial charge is 0.261 e. The van der Waals surface area contributed by atoms with Crippen LogP contribution in [0.2, 0.25) is 5.02 Å². The van der Waals surface area contributed by atoms with Crippen molar-refractivity contribution >= 4 is 81.4 Å². The molecule has 12 nitrogen and oxygen atoms in total. The first-order valence-corrected chi connectivity index (χ1v) is 22.6. The predicted octanol–water partition coefficient (Wildman–Crippen LogP) is 9.92. The van der Waals surface area contributed by atoms with Crippen LogP contribution in [0.3, 0.4) is 0 Å². The zero-order valence-electron chi connectivity index (χ0n) is 37.6. The Balaban J connectivity index is 0.000000188. The lowest BCUT2D eigenvalue weighted by Crippen LogP contribution is -2.33. The van der Waals surface area contributed by atoms with E-state index in [-0.39, 0.29) is 36.6 Å². The molecular weight excluding hydrogens is 887 g/mol. The summed E-state index contributed by atoms with van der Waals surface area (Å²) < 4.78 is 27.4. The van der Waals surface area contributed by atoms with Crippen LogP contribution >= 0.6 is 36.4 Å². The van der Waals surface area contributed by atoms with Crippen LogP contribution in [0, 0.1) is 0 Å². The number of methoxy groups -OCH3 is 2. The number of aromatic nitrogens is 2. The Labute approximate surface area is 398 Å². The second kappa shape index (κ2) is 21.0. The van der Waals surface area contributed by atoms with E-state index < -0.39 is 0 Å². The number of hydrogen-bond acceptors (Lipinski definition) is 8. The molecule has 2 amide bonds. The minimum absolute atomic E-state index is 0. The summed E-state index contributed by atoms with van der Waals surface area (Å²) in [4.78, 5) is 35.3. The van der Waals surface area contributed by atoms with Gasteiger partial charge >= 0.3 is 0 Å². The fourth-order valence-electron chi connectivity index (χ4n) is 9.72. The third kappa shape index (κ3) is 9.60. The van der Waals surface area contributed by atoms with Crippen molar-refractivity contribution in [1.29, 1.82) is 0 Å². The summed E-state index contributed by atoms with van der Waals surface area (Å²) in [6.45, 7) is 8.65. The number of benzene rings is 4. The number of hydrogen-bond donors (Lipinski definition) is 0. The second-order valence-corrected chi connectivity index (χ2v) is 17.3. The number of likely N-dealkylation sites (tertiary alicyclic amines) is 2. The molecule has 0 bridgehead atoms. The number of piperidine rings is 2. The molecule has 346 valence electrons. The van der Waals surface area contributed by atoms with E-state index in [1.807, 2.05) is 91.8 Å². The minimum atomic E-state index is -0.0164. The van der Waals surface area contributed by atoms with Crippen molar-refractivity contribution in [3.05, 3.63) is 106 Å². The van der Waals surface area contributed by atoms with Gasteiger partial charge in [-0.15, -0.1) is 24.8 Å². The molecule has 0 saturated carbocycles. The number of carbonyl (C=O) groups excluding carboxylic acids is 2. The van der Waals surface area contributed by atoms with Crippen LogP contribution in [0.1, 0.15) is 70.6 Å². The number of rotatable bonds is 12. The number of anilines is 2. The third-order valence-corrected chi connectivity index (χ3v) is 13.4. The molecule has 2 aromatic heterocycles. The molecule has 0 radical (unpaired) electrons. The predicted molar refractivity (Wildman–Crippen MR) is 264 cm³/mol. The van der Waals surface area contributed by atoms with E-state index in [0.29, 0.717) is 54.3 Å². The van der Waals surface area contributed by atoms with Gasteiger partial charge in [-0.25, -0.2) is 0 Å². The Kier molecular flexibility index (Phi) is 15.5. The number of nitrogens with zero attached hydrogens (tertiary/aromatic N) is 6. The maximum Gasteiger partial charge on any atom is 0.261 e. The molecule has 0 aliphatic carbocycles. The lowest BCUT2D eigenvalue weighted by atomic mass is 10.1. The number of fused-ring (bicyclic) bond motifs is 6. The maximum atomic E-state index is 13.4. The molecule has 6 heterocycles. The molecule has 2 fully saturated rings. The van der Waals surface area contributed by atoms with E-state index >= 15 is 0 Å². The fourth-order valence-corrected chi connectivity index (χ4v) is 9.89. The molecule has 6 aromatic rings. The highest BCUT2D eigenvalue weighted by atomic mass is 35.5. The van der Waals surface area contributed by atoms with Gasteiger partial charge < -0.3 is 37.9 Å². The molecule has 15 heteroatoms. The summed E-state index contributed by atoms with van der Waals surface area (Å²) >= 11 is 6.22. The lowest BCUT2D eigenvalue weighted by Gasteiger charge is -2.26. The standard InChI is InChI=1S/C25H28ClN3O3.C25H29N3O3.2ClH/c1-27-20-8-6-17(26)14-19(20)24-21(27)16-29(25(24)30)18-7-9-22(31-2)23(15-18)32-13-12-28-10-4-3-5-11-28;1-26-20-9-5-4-8-19(20)24-21(26)17-28(25(24)29)18-10-11-22(30-2)23(16-18)31-15-14-27-12-6-3-7-13-27;;/h6-9,14-15H,3-5,10-13,16H2,1-2H3;4-5,8-11,16H,3,6-7,12-15,17H2,1-2H3;2*1H. The highest BCUT2D eigenvalue weighted by molar-refractivity contribution is 6.32. The summed E-state index contributed by atoms with van der Waals surface area (Å²) in [6, 6.07) is 25.2. The Morgan fingerprint density at radius 3 is 1.49 bits per heavy atom. The topological polar surface area (TPSA) is 93.9 Å². The second-order valence-electron chi connectivity index (χ2n) is 16.9. The summed E-state index contributed by atoms with van der Waals surface area (Å²) in [6.07, 6.45) is 7.71. The summed E-state index contributed by atoms with van der Waals surface area (Å²) in [5.74, 6) is 2.74. The Bertz CT molecular complexity index is 2650. The van der Waals surface area contributed by atoms with E-state index in [0.717, 1.165) is 95.0 Å². The van der Waals surface area contributed by atoms with Crippen molar-refractivity contribution in [3.8, 4) is 23.0 Å². The third-order valence-electron chi connectivity index (χ3n) is 13.2. The van der Waals surface area contributed by atoms with E-state index in [1.165, 1.54) is 38.5 Å². The number of para-hydroxylation sites is 1. The molecule has 0 unspecified atom stereocenters. The highest BCUT2D eigenvalue weighted by Gasteiger charge is 2.36. The average molecular weight is 946 g/mol. The molecule has 4 aliphatic rings. The quantitative estimate of drug-likeness (QED) is 0.120. The SMILES string of the molecule is COc1ccc(N2Cc3c(c4cc(Cl)ccc4n3C)C2=O)cc1OCCN1CCCCC1.COc1ccc(N2Cc3c(c4ccccc4n3C)C2=O)cc1OCCN1CCCCC1.Cl.Cl. The van der Waals surface area contributed by atoms with Gasteiger partial charge in [0.05, 0.1) is 49.8 Å². The van der Waals surface area contributed by atoms with Crippen molar-refractivity contribution in [3.63, 3.8) is 0 Å². The van der Waals surface area contributed by atoms with Gasteiger partial charge in [0.2, 0.25) is 0 Å². The zero-order valence-corrected chi connectivity index (χ0v) is 40.0. The van der Waals surface area contributed by atoms with Crippen LogP contribution in [-0.2, 0) is 27.2 Å². The molecular formula is C50H59Cl3N6O6. The van der Waals surface area contributed by atoms with E-state index in [1.54, 1.807) is 19.1 Å². The van der Waals surface area contributed by atoms with Crippen LogP contribution in [-0.4, -0.2) is 97.5 Å². The maximum absolute atomic E-state index is 13.4. The van der Waals surface area contributed by atoms with E-state index in [9.17, 15) is 9.59 Å². The van der Waals surface area contributed by atoms with Crippen LogP contribution in [0.5, 0.6) is 23.0 Å². The van der Waals surface area contributed by atoms with Crippen LogP contribution in [0.25, 0.3) is 21.8 Å². The summed E-state index contributed by atoms with van der Waals surface area (Å²) in [5.41, 5.74) is 7.33. The van der Waals surface area contributed by atoms with Crippen molar-refractivity contribution in [2.75, 3.05) is 76.5 Å². The van der Waals surface area contributed by atoms with Gasteiger partial charge in [0, 0.05) is 77.5 Å². The van der Waals surface area contributed by atoms with E-state index in [4.69, 9.17) is 30.5 Å². The van der Waals surface area contributed by atoms with Gasteiger partial charge in [-0.2, -0.15) is 0 Å². The number of carbonyl (C=O) groups is 2. The molecule has 0 N–H and O–H groups in total. The van der Waals surface area contributed by atoms with Gasteiger partial charge in [-0.05, 0) is 100 Å². The largest absolute Gasteiger partial charge is 0.493 e. The monoisotopic (exact) mass is 944 g/mol. The van der Waals surface area contributed by atoms with Crippen LogP contribution < -0.4 is 28.7 Å². The Hall–Kier alpha value is -5.11. The zero-order chi connectivity index (χ0) is 43.6. The molecule has 10 rings (SSSR count). The molecule has 4 aliphatic heterocycles. The van der Waals surface area contributed by atoms with Gasteiger partial charge in [0.1, 0.15) is 13.2 Å². The Morgan fingerprint density at radius 2 is 1.00 bits per heavy atom. The van der Waals surface area contributed by atoms with Gasteiger partial charge in [0.25, 0.3) is 11.8 Å².